The van der Waals surface area contributed by atoms with E-state index in [-0.39, 0.29) is 0 Å². The molecule has 2 N–H and O–H groups in total. The SMILES string of the molecule is COCCONC1=CCN(c2ccc(-c3cccc(N4CC=C(NOCCc5cccs5)CC4)n3)cn2)CC1. The van der Waals surface area contributed by atoms with Crippen LogP contribution in [0.4, 0.5) is 11.6 Å². The van der Waals surface area contributed by atoms with Crippen LogP contribution in [0.15, 0.2) is 77.6 Å². The topological polar surface area (TPSA) is 84.0 Å². The van der Waals surface area contributed by atoms with Gasteiger partial charge in [-0.25, -0.2) is 9.97 Å². The number of pyridine rings is 2. The lowest BCUT2D eigenvalue weighted by Crippen LogP contribution is -2.32. The van der Waals surface area contributed by atoms with Gasteiger partial charge in [0.05, 0.1) is 25.5 Å². The fourth-order valence-electron chi connectivity index (χ4n) is 4.44. The summed E-state index contributed by atoms with van der Waals surface area (Å²) >= 11 is 1.76. The van der Waals surface area contributed by atoms with E-state index >= 15 is 0 Å². The van der Waals surface area contributed by atoms with E-state index < -0.39 is 0 Å². The molecule has 0 unspecified atom stereocenters. The fourth-order valence-corrected chi connectivity index (χ4v) is 5.13. The molecule has 39 heavy (non-hydrogen) atoms. The molecule has 0 aromatic carbocycles. The summed E-state index contributed by atoms with van der Waals surface area (Å²) in [4.78, 5) is 26.6. The zero-order valence-corrected chi connectivity index (χ0v) is 23.2. The van der Waals surface area contributed by atoms with Crippen LogP contribution in [0.3, 0.4) is 0 Å². The molecule has 2 aliphatic rings. The van der Waals surface area contributed by atoms with Gasteiger partial charge in [-0.1, -0.05) is 12.1 Å². The molecule has 0 spiro atoms. The number of hydrogen-bond acceptors (Lipinski definition) is 10. The normalized spacial score (nSPS) is 15.6. The first-order valence-corrected chi connectivity index (χ1v) is 14.2. The van der Waals surface area contributed by atoms with Gasteiger partial charge < -0.3 is 14.5 Å². The van der Waals surface area contributed by atoms with Crippen molar-refractivity contribution >= 4 is 23.0 Å². The largest absolute Gasteiger partial charge is 0.382 e. The molecular weight excluding hydrogens is 512 g/mol. The number of thiophene rings is 1. The van der Waals surface area contributed by atoms with Crippen molar-refractivity contribution in [1.29, 1.82) is 0 Å². The molecule has 9 nitrogen and oxygen atoms in total. The molecule has 0 bridgehead atoms. The standard InChI is InChI=1S/C29H36N6O3S/c1-36-19-20-38-33-25-9-14-34(15-10-25)28-8-7-23(22-30-28)27-5-2-6-29(31-27)35-16-11-24(12-17-35)32-37-18-13-26-4-3-21-39-26/h2-9,11,21-22,32-33H,10,12-20H2,1H3. The van der Waals surface area contributed by atoms with Gasteiger partial charge in [-0.3, -0.25) is 20.6 Å². The van der Waals surface area contributed by atoms with Crippen LogP contribution in [0.1, 0.15) is 17.7 Å². The van der Waals surface area contributed by atoms with Crippen LogP contribution in [0.25, 0.3) is 11.3 Å². The van der Waals surface area contributed by atoms with Crippen molar-refractivity contribution in [3.8, 4) is 11.3 Å². The van der Waals surface area contributed by atoms with Crippen LogP contribution >= 0.6 is 11.3 Å². The maximum Gasteiger partial charge on any atom is 0.129 e. The average molecular weight is 549 g/mol. The number of anilines is 2. The second-order valence-corrected chi connectivity index (χ2v) is 10.4. The first kappa shape index (κ1) is 27.1. The maximum absolute atomic E-state index is 5.67. The predicted octanol–water partition coefficient (Wildman–Crippen LogP) is 4.32. The van der Waals surface area contributed by atoms with E-state index in [2.05, 4.69) is 74.7 Å². The summed E-state index contributed by atoms with van der Waals surface area (Å²) in [7, 11) is 1.66. The van der Waals surface area contributed by atoms with E-state index in [0.29, 0.717) is 19.8 Å². The number of nitrogens with zero attached hydrogens (tertiary/aromatic N) is 4. The Balaban J connectivity index is 1.11. The third-order valence-electron chi connectivity index (χ3n) is 6.67. The number of nitrogens with one attached hydrogen (secondary N) is 2. The second-order valence-electron chi connectivity index (χ2n) is 9.36. The monoisotopic (exact) mass is 548 g/mol. The van der Waals surface area contributed by atoms with Gasteiger partial charge in [0.2, 0.25) is 0 Å². The molecule has 0 amide bonds. The minimum atomic E-state index is 0.522. The first-order valence-electron chi connectivity index (χ1n) is 13.4. The molecular formula is C29H36N6O3S. The quantitative estimate of drug-likeness (QED) is 0.240. The molecule has 3 aromatic rings. The van der Waals surface area contributed by atoms with E-state index in [9.17, 15) is 0 Å². The van der Waals surface area contributed by atoms with E-state index in [0.717, 1.165) is 79.7 Å². The van der Waals surface area contributed by atoms with E-state index in [1.54, 1.807) is 18.4 Å². The predicted molar refractivity (Wildman–Crippen MR) is 155 cm³/mol. The Labute approximate surface area is 234 Å². The maximum atomic E-state index is 5.67. The minimum Gasteiger partial charge on any atom is -0.382 e. The van der Waals surface area contributed by atoms with Gasteiger partial charge in [0.25, 0.3) is 0 Å². The van der Waals surface area contributed by atoms with Gasteiger partial charge in [0.15, 0.2) is 0 Å². The lowest BCUT2D eigenvalue weighted by molar-refractivity contribution is 0.0207. The molecule has 0 saturated heterocycles. The number of ether oxygens (including phenoxy) is 1. The highest BCUT2D eigenvalue weighted by Crippen LogP contribution is 2.24. The minimum absolute atomic E-state index is 0.522. The molecule has 0 aliphatic carbocycles. The Morgan fingerprint density at radius 2 is 1.62 bits per heavy atom. The van der Waals surface area contributed by atoms with Crippen LogP contribution in [0, 0.1) is 0 Å². The molecule has 2 aliphatic heterocycles. The summed E-state index contributed by atoms with van der Waals surface area (Å²) in [6.07, 6.45) is 8.93. The van der Waals surface area contributed by atoms with Gasteiger partial charge >= 0.3 is 0 Å². The molecule has 3 aromatic heterocycles. The zero-order valence-electron chi connectivity index (χ0n) is 22.3. The van der Waals surface area contributed by atoms with Gasteiger partial charge in [0.1, 0.15) is 11.6 Å². The average Bonchev–Trinajstić information content (AvgIpc) is 3.52. The summed E-state index contributed by atoms with van der Waals surface area (Å²) in [5.74, 6) is 1.93. The van der Waals surface area contributed by atoms with Crippen LogP contribution in [-0.4, -0.2) is 63.1 Å². The summed E-state index contributed by atoms with van der Waals surface area (Å²) < 4.78 is 5.00. The number of aromatic nitrogens is 2. The summed E-state index contributed by atoms with van der Waals surface area (Å²) in [6, 6.07) is 14.6. The number of rotatable bonds is 13. The Hall–Kier alpha value is -3.44. The Morgan fingerprint density at radius 1 is 0.846 bits per heavy atom. The molecule has 0 atom stereocenters. The Kier molecular flexibility index (Phi) is 9.80. The van der Waals surface area contributed by atoms with Crippen molar-refractivity contribution in [3.05, 3.63) is 82.5 Å². The molecule has 0 radical (unpaired) electrons. The first-order chi connectivity index (χ1) is 19.3. The molecule has 5 heterocycles. The summed E-state index contributed by atoms with van der Waals surface area (Å²) in [6.45, 7) is 5.10. The van der Waals surface area contributed by atoms with Gasteiger partial charge in [-0.15, -0.1) is 11.3 Å². The lowest BCUT2D eigenvalue weighted by Gasteiger charge is -2.28. The number of methoxy groups -OCH3 is 1. The lowest BCUT2D eigenvalue weighted by atomic mass is 10.1. The molecule has 0 fully saturated rings. The third kappa shape index (κ3) is 7.79. The summed E-state index contributed by atoms with van der Waals surface area (Å²) in [5, 5.41) is 2.10. The molecule has 10 heteroatoms. The zero-order chi connectivity index (χ0) is 26.7. The Morgan fingerprint density at radius 3 is 2.26 bits per heavy atom. The third-order valence-corrected chi connectivity index (χ3v) is 7.61. The van der Waals surface area contributed by atoms with Gasteiger partial charge in [-0.05, 0) is 47.9 Å². The number of hydrogen-bond donors (Lipinski definition) is 2. The smallest absolute Gasteiger partial charge is 0.129 e. The highest BCUT2D eigenvalue weighted by molar-refractivity contribution is 7.09. The van der Waals surface area contributed by atoms with Crippen molar-refractivity contribution < 1.29 is 14.4 Å². The van der Waals surface area contributed by atoms with Crippen LogP contribution in [0.2, 0.25) is 0 Å². The Bertz CT molecular complexity index is 1230. The fraction of sp³-hybridized carbons (Fsp3) is 0.379. The highest BCUT2D eigenvalue weighted by Gasteiger charge is 2.16. The van der Waals surface area contributed by atoms with Gasteiger partial charge in [0, 0.05) is 80.6 Å². The molecule has 206 valence electrons. The van der Waals surface area contributed by atoms with Gasteiger partial charge in [-0.2, -0.15) is 0 Å². The van der Waals surface area contributed by atoms with E-state index in [1.165, 1.54) is 4.88 Å². The van der Waals surface area contributed by atoms with Crippen LogP contribution in [0.5, 0.6) is 0 Å². The van der Waals surface area contributed by atoms with Crippen LogP contribution in [-0.2, 0) is 20.8 Å². The van der Waals surface area contributed by atoms with Crippen molar-refractivity contribution in [2.45, 2.75) is 19.3 Å². The van der Waals surface area contributed by atoms with E-state index in [1.807, 2.05) is 12.3 Å². The van der Waals surface area contributed by atoms with Crippen molar-refractivity contribution in [1.82, 2.24) is 20.9 Å². The van der Waals surface area contributed by atoms with Crippen molar-refractivity contribution in [2.24, 2.45) is 0 Å². The van der Waals surface area contributed by atoms with Crippen molar-refractivity contribution in [3.63, 3.8) is 0 Å². The second kappa shape index (κ2) is 14.1. The van der Waals surface area contributed by atoms with Crippen LogP contribution < -0.4 is 20.8 Å². The summed E-state index contributed by atoms with van der Waals surface area (Å²) in [5.41, 5.74) is 10.3. The molecule has 5 rings (SSSR count). The van der Waals surface area contributed by atoms with Crippen molar-refractivity contribution in [2.75, 3.05) is 62.9 Å². The molecule has 0 saturated carbocycles. The number of hydroxylamine groups is 2. The highest BCUT2D eigenvalue weighted by atomic mass is 32.1. The van der Waals surface area contributed by atoms with E-state index in [4.69, 9.17) is 24.4 Å².